The van der Waals surface area contributed by atoms with Gasteiger partial charge in [-0.05, 0) is 25.1 Å². The lowest BCUT2D eigenvalue weighted by Crippen LogP contribution is -2.32. The van der Waals surface area contributed by atoms with E-state index in [-0.39, 0.29) is 4.90 Å². The van der Waals surface area contributed by atoms with E-state index in [9.17, 15) is 8.42 Å². The van der Waals surface area contributed by atoms with Gasteiger partial charge in [-0.3, -0.25) is 0 Å². The molecule has 1 aromatic rings. The van der Waals surface area contributed by atoms with Gasteiger partial charge in [0.25, 0.3) is 0 Å². The van der Waals surface area contributed by atoms with E-state index in [0.29, 0.717) is 0 Å². The highest BCUT2D eigenvalue weighted by atomic mass is 32.2. The largest absolute Gasteiger partial charge is 0.378 e. The van der Waals surface area contributed by atoms with Crippen molar-refractivity contribution in [2.24, 2.45) is 0 Å². The van der Waals surface area contributed by atoms with Crippen LogP contribution in [0.25, 0.3) is 0 Å². The summed E-state index contributed by atoms with van der Waals surface area (Å²) in [7, 11) is -3.58. The predicted molar refractivity (Wildman–Crippen MR) is 47.3 cm³/mol. The maximum Gasteiger partial charge on any atom is 0.242 e. The number of sulfonamides is 1. The van der Waals surface area contributed by atoms with Crippen LogP contribution in [0.15, 0.2) is 29.2 Å². The van der Waals surface area contributed by atoms with Gasteiger partial charge in [0, 0.05) is 0 Å². The average Bonchev–Trinajstić information content (AvgIpc) is 2.04. The van der Waals surface area contributed by atoms with E-state index in [4.69, 9.17) is 5.11 Å². The molecule has 0 spiro atoms. The minimum absolute atomic E-state index is 0.118. The molecule has 0 saturated heterocycles. The molecule has 71 valence electrons. The number of hydrogen-bond acceptors (Lipinski definition) is 3. The number of rotatable bonds is 3. The number of hydrogen-bond donors (Lipinski definition) is 2. The molecule has 0 amide bonds. The van der Waals surface area contributed by atoms with E-state index in [0.717, 1.165) is 0 Å². The quantitative estimate of drug-likeness (QED) is 0.680. The third kappa shape index (κ3) is 2.80. The van der Waals surface area contributed by atoms with Crippen LogP contribution < -0.4 is 4.72 Å². The first-order chi connectivity index (χ1) is 6.02. The van der Waals surface area contributed by atoms with E-state index >= 15 is 0 Å². The fourth-order valence-electron chi connectivity index (χ4n) is 0.843. The highest BCUT2D eigenvalue weighted by Crippen LogP contribution is 2.06. The second-order valence-corrected chi connectivity index (χ2v) is 4.25. The summed E-state index contributed by atoms with van der Waals surface area (Å²) >= 11 is 0. The Morgan fingerprint density at radius 1 is 1.46 bits per heavy atom. The molecule has 13 heavy (non-hydrogen) atoms. The van der Waals surface area contributed by atoms with Crippen LogP contribution in [-0.2, 0) is 10.0 Å². The highest BCUT2D eigenvalue weighted by Gasteiger charge is 2.14. The number of nitrogens with one attached hydrogen (secondary N) is 1. The van der Waals surface area contributed by atoms with Crippen LogP contribution in [-0.4, -0.2) is 19.8 Å². The third-order valence-corrected chi connectivity index (χ3v) is 2.87. The van der Waals surface area contributed by atoms with Gasteiger partial charge in [0.2, 0.25) is 10.0 Å². The Hall–Kier alpha value is -0.910. The third-order valence-electron chi connectivity index (χ3n) is 1.32. The molecule has 4 nitrogen and oxygen atoms in total. The summed E-state index contributed by atoms with van der Waals surface area (Å²) in [6.45, 7) is 1.34. The fraction of sp³-hybridized carbons (Fsp3) is 0.250. The first-order valence-electron chi connectivity index (χ1n) is 3.69. The van der Waals surface area contributed by atoms with Crippen molar-refractivity contribution in [3.63, 3.8) is 0 Å². The van der Waals surface area contributed by atoms with Crippen molar-refractivity contribution in [2.45, 2.75) is 18.0 Å². The molecule has 0 aromatic heterocycles. The summed E-state index contributed by atoms with van der Waals surface area (Å²) in [6, 6.07) is 8.51. The van der Waals surface area contributed by atoms with E-state index < -0.39 is 16.3 Å². The molecule has 0 saturated carbocycles. The molecule has 0 aliphatic carbocycles. The van der Waals surface area contributed by atoms with Gasteiger partial charge in [-0.15, -0.1) is 0 Å². The van der Waals surface area contributed by atoms with Crippen LogP contribution in [0.4, 0.5) is 0 Å². The monoisotopic (exact) mass is 200 g/mol. The molecular weight excluding hydrogens is 190 g/mol. The second-order valence-electron chi connectivity index (χ2n) is 2.53. The predicted octanol–water partition coefficient (Wildman–Crippen LogP) is 0.103. The number of aliphatic hydroxyl groups excluding tert-OH is 1. The van der Waals surface area contributed by atoms with Crippen molar-refractivity contribution in [3.05, 3.63) is 30.3 Å². The summed E-state index contributed by atoms with van der Waals surface area (Å²) in [5.41, 5.74) is 0. The zero-order valence-electron chi connectivity index (χ0n) is 7.06. The first-order valence-corrected chi connectivity index (χ1v) is 5.17. The van der Waals surface area contributed by atoms with Crippen molar-refractivity contribution in [1.82, 2.24) is 4.72 Å². The summed E-state index contributed by atoms with van der Waals surface area (Å²) in [6.07, 6.45) is -1.09. The molecule has 0 aliphatic heterocycles. The van der Waals surface area contributed by atoms with Crippen LogP contribution in [0.1, 0.15) is 6.92 Å². The van der Waals surface area contributed by atoms with E-state index in [1.54, 1.807) is 0 Å². The van der Waals surface area contributed by atoms with Crippen LogP contribution in [0, 0.1) is 6.07 Å². The SMILES string of the molecule is CC(O)NS(=O)(=O)c1cc[c]cc1. The van der Waals surface area contributed by atoms with E-state index in [1.807, 2.05) is 4.72 Å². The maximum absolute atomic E-state index is 11.4. The molecule has 2 N–H and O–H groups in total. The maximum atomic E-state index is 11.4. The zero-order valence-corrected chi connectivity index (χ0v) is 7.88. The molecule has 1 radical (unpaired) electrons. The van der Waals surface area contributed by atoms with Crippen molar-refractivity contribution in [3.8, 4) is 0 Å². The normalized spacial score (nSPS) is 14.0. The van der Waals surface area contributed by atoms with Gasteiger partial charge < -0.3 is 5.11 Å². The standard InChI is InChI=1S/C8H10NO3S/c1-7(10)9-13(11,12)8-5-3-2-4-6-8/h3-7,9-10H,1H3. The van der Waals surface area contributed by atoms with Gasteiger partial charge in [-0.25, -0.2) is 8.42 Å². The molecule has 1 atom stereocenters. The van der Waals surface area contributed by atoms with Crippen LogP contribution in [0.2, 0.25) is 0 Å². The summed E-state index contributed by atoms with van der Waals surface area (Å²) in [5, 5.41) is 8.85. The Bertz CT molecular complexity index is 358. The summed E-state index contributed by atoms with van der Waals surface area (Å²) in [5.74, 6) is 0. The molecule has 0 bridgehead atoms. The van der Waals surface area contributed by atoms with Crippen LogP contribution in [0.3, 0.4) is 0 Å². The highest BCUT2D eigenvalue weighted by molar-refractivity contribution is 7.89. The minimum Gasteiger partial charge on any atom is -0.378 e. The zero-order chi connectivity index (χ0) is 9.90. The lowest BCUT2D eigenvalue weighted by molar-refractivity contribution is 0.184. The Morgan fingerprint density at radius 2 is 2.00 bits per heavy atom. The molecule has 1 aromatic carbocycles. The smallest absolute Gasteiger partial charge is 0.242 e. The Labute approximate surface area is 77.3 Å². The fourth-order valence-corrected chi connectivity index (χ4v) is 1.92. The van der Waals surface area contributed by atoms with Crippen molar-refractivity contribution < 1.29 is 13.5 Å². The molecule has 0 aliphatic rings. The molecule has 1 rings (SSSR count). The molecule has 1 unspecified atom stereocenters. The van der Waals surface area contributed by atoms with Gasteiger partial charge in [0.1, 0.15) is 6.23 Å². The number of aliphatic hydroxyl groups is 1. The van der Waals surface area contributed by atoms with Crippen molar-refractivity contribution in [2.75, 3.05) is 0 Å². The van der Waals surface area contributed by atoms with Crippen LogP contribution in [0.5, 0.6) is 0 Å². The Morgan fingerprint density at radius 3 is 2.46 bits per heavy atom. The Kier molecular flexibility index (Phi) is 3.02. The topological polar surface area (TPSA) is 66.4 Å². The average molecular weight is 200 g/mol. The van der Waals surface area contributed by atoms with Gasteiger partial charge in [-0.1, -0.05) is 12.1 Å². The first kappa shape index (κ1) is 10.2. The van der Waals surface area contributed by atoms with E-state index in [2.05, 4.69) is 6.07 Å². The summed E-state index contributed by atoms with van der Waals surface area (Å²) < 4.78 is 24.8. The summed E-state index contributed by atoms with van der Waals surface area (Å²) in [4.78, 5) is 0.118. The Balaban J connectivity index is 2.96. The molecule has 0 fully saturated rings. The molecule has 0 heterocycles. The lowest BCUT2D eigenvalue weighted by atomic mass is 10.4. The minimum atomic E-state index is -3.58. The van der Waals surface area contributed by atoms with Crippen LogP contribution >= 0.6 is 0 Å². The van der Waals surface area contributed by atoms with E-state index in [1.165, 1.54) is 31.2 Å². The van der Waals surface area contributed by atoms with Crippen molar-refractivity contribution >= 4 is 10.0 Å². The number of benzene rings is 1. The molecular formula is C8H10NO3S. The second kappa shape index (κ2) is 3.87. The van der Waals surface area contributed by atoms with Crippen molar-refractivity contribution in [1.29, 1.82) is 0 Å². The van der Waals surface area contributed by atoms with Gasteiger partial charge in [-0.2, -0.15) is 4.72 Å². The van der Waals surface area contributed by atoms with Gasteiger partial charge >= 0.3 is 0 Å². The van der Waals surface area contributed by atoms with Gasteiger partial charge in [0.15, 0.2) is 0 Å². The molecule has 5 heteroatoms. The van der Waals surface area contributed by atoms with Gasteiger partial charge in [0.05, 0.1) is 4.90 Å². The lowest BCUT2D eigenvalue weighted by Gasteiger charge is -2.07.